The number of rotatable bonds is 8. The molecule has 1 fully saturated rings. The molecule has 3 N–H and O–H groups in total. The van der Waals surface area contributed by atoms with Crippen molar-refractivity contribution in [2.45, 2.75) is 30.2 Å². The smallest absolute Gasteiger partial charge is 0.311 e. The highest BCUT2D eigenvalue weighted by atomic mass is 32.2. The molecule has 2 atom stereocenters. The van der Waals surface area contributed by atoms with Crippen LogP contribution in [0.15, 0.2) is 29.2 Å². The Labute approximate surface area is 133 Å². The molecule has 1 aliphatic carbocycles. The van der Waals surface area contributed by atoms with Crippen LogP contribution in [0.5, 0.6) is 5.75 Å². The molecule has 0 amide bonds. The largest absolute Gasteiger partial charge is 0.497 e. The molecule has 0 saturated heterocycles. The molecule has 0 aromatic heterocycles. The van der Waals surface area contributed by atoms with Gasteiger partial charge in [-0.1, -0.05) is 0 Å². The van der Waals surface area contributed by atoms with E-state index >= 15 is 0 Å². The molecule has 2 rings (SSSR count). The molecular formula is C14H17NO7S. The lowest BCUT2D eigenvalue weighted by Gasteiger charge is -2.12. The van der Waals surface area contributed by atoms with Crippen LogP contribution in [-0.2, 0) is 19.6 Å². The van der Waals surface area contributed by atoms with E-state index in [4.69, 9.17) is 9.84 Å². The average Bonchev–Trinajstić information content (AvgIpc) is 3.19. The summed E-state index contributed by atoms with van der Waals surface area (Å²) in [6.07, 6.45) is -0.370. The quantitative estimate of drug-likeness (QED) is 0.633. The van der Waals surface area contributed by atoms with Crippen LogP contribution >= 0.6 is 0 Å². The summed E-state index contributed by atoms with van der Waals surface area (Å²) in [7, 11) is -2.43. The van der Waals surface area contributed by atoms with Gasteiger partial charge in [-0.25, -0.2) is 13.1 Å². The molecule has 1 aliphatic rings. The second-order valence-electron chi connectivity index (χ2n) is 5.41. The molecule has 1 aromatic rings. The number of aliphatic carboxylic acids is 2. The van der Waals surface area contributed by atoms with Gasteiger partial charge in [0.15, 0.2) is 0 Å². The summed E-state index contributed by atoms with van der Waals surface area (Å²) in [6.45, 7) is 0. The first-order valence-electron chi connectivity index (χ1n) is 6.83. The maximum absolute atomic E-state index is 12.3. The van der Waals surface area contributed by atoms with E-state index in [0.29, 0.717) is 5.75 Å². The predicted octanol–water partition coefficient (Wildman–Crippen LogP) is 0.682. The van der Waals surface area contributed by atoms with Crippen molar-refractivity contribution in [3.05, 3.63) is 24.3 Å². The van der Waals surface area contributed by atoms with Crippen molar-refractivity contribution in [1.29, 1.82) is 0 Å². The van der Waals surface area contributed by atoms with E-state index in [1.807, 2.05) is 0 Å². The summed E-state index contributed by atoms with van der Waals surface area (Å²) < 4.78 is 31.8. The van der Waals surface area contributed by atoms with Crippen molar-refractivity contribution in [3.63, 3.8) is 0 Å². The Bertz CT molecular complexity index is 713. The Balaban J connectivity index is 2.11. The van der Waals surface area contributed by atoms with E-state index in [1.165, 1.54) is 31.4 Å². The maximum Gasteiger partial charge on any atom is 0.311 e. The number of carbonyl (C=O) groups is 2. The topological polar surface area (TPSA) is 130 Å². The zero-order valence-electron chi connectivity index (χ0n) is 12.4. The van der Waals surface area contributed by atoms with E-state index in [0.717, 1.165) is 0 Å². The molecule has 0 bridgehead atoms. The number of carboxylic acids is 2. The van der Waals surface area contributed by atoms with Crippen LogP contribution in [0.1, 0.15) is 19.3 Å². The summed E-state index contributed by atoms with van der Waals surface area (Å²) in [5.41, 5.74) is -1.35. The molecule has 9 heteroatoms. The third kappa shape index (κ3) is 3.62. The van der Waals surface area contributed by atoms with Crippen LogP contribution in [0.3, 0.4) is 0 Å². The Morgan fingerprint density at radius 1 is 1.30 bits per heavy atom. The van der Waals surface area contributed by atoms with E-state index in [2.05, 4.69) is 4.72 Å². The normalized spacial score (nSPS) is 23.3. The summed E-state index contributed by atoms with van der Waals surface area (Å²) in [4.78, 5) is 22.0. The number of ether oxygens (including phenoxy) is 1. The van der Waals surface area contributed by atoms with Crippen molar-refractivity contribution in [1.82, 2.24) is 4.72 Å². The van der Waals surface area contributed by atoms with Gasteiger partial charge in [-0.2, -0.15) is 0 Å². The van der Waals surface area contributed by atoms with Crippen LogP contribution < -0.4 is 9.46 Å². The Kier molecular flexibility index (Phi) is 4.62. The van der Waals surface area contributed by atoms with Gasteiger partial charge in [0.2, 0.25) is 10.0 Å². The van der Waals surface area contributed by atoms with Gasteiger partial charge in [0.25, 0.3) is 0 Å². The molecular weight excluding hydrogens is 326 g/mol. The molecule has 0 heterocycles. The van der Waals surface area contributed by atoms with Gasteiger partial charge in [-0.05, 0) is 37.1 Å². The Hall–Kier alpha value is -2.13. The average molecular weight is 343 g/mol. The second-order valence-corrected chi connectivity index (χ2v) is 7.12. The molecule has 126 valence electrons. The van der Waals surface area contributed by atoms with Gasteiger partial charge in [-0.3, -0.25) is 9.59 Å². The van der Waals surface area contributed by atoms with Gasteiger partial charge >= 0.3 is 11.9 Å². The monoisotopic (exact) mass is 343 g/mol. The van der Waals surface area contributed by atoms with Crippen molar-refractivity contribution in [2.75, 3.05) is 7.11 Å². The van der Waals surface area contributed by atoms with Gasteiger partial charge in [0.1, 0.15) is 5.75 Å². The first kappa shape index (κ1) is 17.2. The molecule has 0 spiro atoms. The fourth-order valence-electron chi connectivity index (χ4n) is 2.42. The first-order valence-corrected chi connectivity index (χ1v) is 8.31. The number of methoxy groups -OCH3 is 1. The van der Waals surface area contributed by atoms with Gasteiger partial charge in [-0.15, -0.1) is 0 Å². The van der Waals surface area contributed by atoms with E-state index < -0.39 is 33.4 Å². The standard InChI is InChI=1S/C14H17NO7S/c1-22-9-2-4-10(5-3-9)23(20,21)15-11-8-14(11,13(18)19)7-6-12(16)17/h2-5,11,15H,6-8H2,1H3,(H,16,17)(H,18,19)/t11?,14-/m0/s1. The predicted molar refractivity (Wildman–Crippen MR) is 78.7 cm³/mol. The highest BCUT2D eigenvalue weighted by Gasteiger charge is 2.61. The van der Waals surface area contributed by atoms with Gasteiger partial charge < -0.3 is 14.9 Å². The molecule has 0 radical (unpaired) electrons. The summed E-state index contributed by atoms with van der Waals surface area (Å²) in [5, 5.41) is 18.0. The Morgan fingerprint density at radius 2 is 1.91 bits per heavy atom. The van der Waals surface area contributed by atoms with Crippen LogP contribution in [0.4, 0.5) is 0 Å². The van der Waals surface area contributed by atoms with Crippen molar-refractivity contribution in [2.24, 2.45) is 5.41 Å². The van der Waals surface area contributed by atoms with Crippen LogP contribution in [0.2, 0.25) is 0 Å². The zero-order valence-corrected chi connectivity index (χ0v) is 13.2. The molecule has 1 aromatic carbocycles. The number of hydrogen-bond acceptors (Lipinski definition) is 5. The van der Waals surface area contributed by atoms with E-state index in [9.17, 15) is 23.1 Å². The Morgan fingerprint density at radius 3 is 2.39 bits per heavy atom. The number of sulfonamides is 1. The lowest BCUT2D eigenvalue weighted by Crippen LogP contribution is -2.33. The minimum Gasteiger partial charge on any atom is -0.497 e. The minimum atomic E-state index is -3.88. The van der Waals surface area contributed by atoms with Gasteiger partial charge in [0, 0.05) is 12.5 Å². The van der Waals surface area contributed by atoms with E-state index in [1.54, 1.807) is 0 Å². The van der Waals surface area contributed by atoms with Crippen molar-refractivity contribution < 1.29 is 33.0 Å². The third-order valence-corrected chi connectivity index (χ3v) is 5.44. The molecule has 23 heavy (non-hydrogen) atoms. The molecule has 1 unspecified atom stereocenters. The highest BCUT2D eigenvalue weighted by molar-refractivity contribution is 7.89. The maximum atomic E-state index is 12.3. The summed E-state index contributed by atoms with van der Waals surface area (Å²) in [6, 6.07) is 4.85. The number of hydrogen-bond donors (Lipinski definition) is 3. The van der Waals surface area contributed by atoms with Crippen LogP contribution in [-0.4, -0.2) is 43.7 Å². The van der Waals surface area contributed by atoms with Crippen LogP contribution in [0, 0.1) is 5.41 Å². The minimum absolute atomic E-state index is 0.0114. The van der Waals surface area contributed by atoms with Crippen molar-refractivity contribution in [3.8, 4) is 5.75 Å². The SMILES string of the molecule is COc1ccc(S(=O)(=O)NC2C[C@]2(CCC(=O)O)C(=O)O)cc1. The fourth-order valence-corrected chi connectivity index (χ4v) is 3.73. The lowest BCUT2D eigenvalue weighted by molar-refractivity contribution is -0.144. The molecule has 8 nitrogen and oxygen atoms in total. The zero-order chi connectivity index (χ0) is 17.3. The van der Waals surface area contributed by atoms with Gasteiger partial charge in [0.05, 0.1) is 17.4 Å². The fraction of sp³-hybridized carbons (Fsp3) is 0.429. The third-order valence-electron chi connectivity index (χ3n) is 3.95. The number of carboxylic acid groups (broad SMARTS) is 2. The number of benzene rings is 1. The van der Waals surface area contributed by atoms with E-state index in [-0.39, 0.29) is 24.2 Å². The number of nitrogens with one attached hydrogen (secondary N) is 1. The molecule has 1 saturated carbocycles. The van der Waals surface area contributed by atoms with Crippen LogP contribution in [0.25, 0.3) is 0 Å². The van der Waals surface area contributed by atoms with Crippen molar-refractivity contribution >= 4 is 22.0 Å². The first-order chi connectivity index (χ1) is 10.7. The summed E-state index contributed by atoms with van der Waals surface area (Å²) >= 11 is 0. The summed E-state index contributed by atoms with van der Waals surface area (Å²) in [5.74, 6) is -1.81. The highest BCUT2D eigenvalue weighted by Crippen LogP contribution is 2.50. The molecule has 0 aliphatic heterocycles. The lowest BCUT2D eigenvalue weighted by atomic mass is 10.00. The second kappa shape index (κ2) is 6.17.